The van der Waals surface area contributed by atoms with Gasteiger partial charge in [0, 0.05) is 11.1 Å². The molecule has 3 rings (SSSR count). The van der Waals surface area contributed by atoms with Crippen LogP contribution in [0.1, 0.15) is 76.3 Å². The minimum atomic E-state index is -0.952. The first-order valence-electron chi connectivity index (χ1n) is 11.3. The summed E-state index contributed by atoms with van der Waals surface area (Å²) in [5.41, 5.74) is 1.42. The van der Waals surface area contributed by atoms with Crippen LogP contribution in [0.15, 0.2) is 30.3 Å². The van der Waals surface area contributed by atoms with E-state index in [-0.39, 0.29) is 11.1 Å². The zero-order valence-corrected chi connectivity index (χ0v) is 17.7. The lowest BCUT2D eigenvalue weighted by atomic mass is 9.78. The van der Waals surface area contributed by atoms with E-state index in [1.165, 1.54) is 50.7 Å². The molecule has 0 N–H and O–H groups in total. The topological polar surface area (TPSA) is 0 Å². The molecule has 29 heavy (non-hydrogen) atoms. The van der Waals surface area contributed by atoms with Gasteiger partial charge in [-0.2, -0.15) is 0 Å². The molecule has 0 aromatic heterocycles. The third-order valence-electron chi connectivity index (χ3n) is 6.51. The Balaban J connectivity index is 1.64. The Morgan fingerprint density at radius 2 is 1.38 bits per heavy atom. The second kappa shape index (κ2) is 10.3. The second-order valence-electron chi connectivity index (χ2n) is 8.68. The van der Waals surface area contributed by atoms with E-state index in [2.05, 4.69) is 6.92 Å². The van der Waals surface area contributed by atoms with Crippen LogP contribution in [-0.4, -0.2) is 0 Å². The van der Waals surface area contributed by atoms with Crippen molar-refractivity contribution in [1.82, 2.24) is 0 Å². The minimum absolute atomic E-state index is 0.000601. The van der Waals surface area contributed by atoms with Gasteiger partial charge < -0.3 is 0 Å². The molecule has 1 aliphatic carbocycles. The molecular weight excluding hydrogens is 369 g/mol. The molecule has 3 heteroatoms. The molecule has 0 unspecified atom stereocenters. The lowest BCUT2D eigenvalue weighted by Gasteiger charge is -2.28. The molecule has 0 aliphatic heterocycles. The molecule has 2 aromatic carbocycles. The molecule has 0 radical (unpaired) electrons. The first kappa shape index (κ1) is 21.9. The van der Waals surface area contributed by atoms with Crippen LogP contribution in [0, 0.1) is 29.3 Å². The summed E-state index contributed by atoms with van der Waals surface area (Å²) in [6.45, 7) is 4.17. The maximum atomic E-state index is 14.7. The fourth-order valence-corrected chi connectivity index (χ4v) is 4.78. The number of rotatable bonds is 8. The normalized spacial score (nSPS) is 19.5. The van der Waals surface area contributed by atoms with Crippen LogP contribution < -0.4 is 0 Å². The summed E-state index contributed by atoms with van der Waals surface area (Å²) in [6.07, 6.45) is 10.9. The van der Waals surface area contributed by atoms with Crippen LogP contribution in [0.25, 0.3) is 11.1 Å². The summed E-state index contributed by atoms with van der Waals surface area (Å²) in [5.74, 6) is -0.663. The molecule has 0 nitrogen and oxygen atoms in total. The summed E-state index contributed by atoms with van der Waals surface area (Å²) >= 11 is 0. The van der Waals surface area contributed by atoms with Crippen molar-refractivity contribution in [3.8, 4) is 11.1 Å². The predicted molar refractivity (Wildman–Crippen MR) is 114 cm³/mol. The van der Waals surface area contributed by atoms with Crippen molar-refractivity contribution in [2.45, 2.75) is 78.1 Å². The number of hydrogen-bond donors (Lipinski definition) is 0. The first-order valence-corrected chi connectivity index (χ1v) is 11.3. The third-order valence-corrected chi connectivity index (χ3v) is 6.51. The van der Waals surface area contributed by atoms with Gasteiger partial charge in [-0.3, -0.25) is 0 Å². The van der Waals surface area contributed by atoms with E-state index in [1.807, 2.05) is 13.0 Å². The maximum absolute atomic E-state index is 14.7. The Labute approximate surface area is 173 Å². The lowest BCUT2D eigenvalue weighted by Crippen LogP contribution is -2.15. The Bertz CT molecular complexity index is 804. The minimum Gasteiger partial charge on any atom is -0.206 e. The van der Waals surface area contributed by atoms with Crippen molar-refractivity contribution in [1.29, 1.82) is 0 Å². The van der Waals surface area contributed by atoms with Crippen molar-refractivity contribution >= 4 is 0 Å². The van der Waals surface area contributed by atoms with Crippen LogP contribution in [0.2, 0.25) is 0 Å². The highest BCUT2D eigenvalue weighted by atomic mass is 19.2. The van der Waals surface area contributed by atoms with Crippen LogP contribution in [0.4, 0.5) is 13.2 Å². The van der Waals surface area contributed by atoms with Gasteiger partial charge in [0.15, 0.2) is 11.6 Å². The van der Waals surface area contributed by atoms with Crippen LogP contribution >= 0.6 is 0 Å². The quantitative estimate of drug-likeness (QED) is 0.417. The molecular formula is C26H33F3. The van der Waals surface area contributed by atoms with E-state index < -0.39 is 17.5 Å². The summed E-state index contributed by atoms with van der Waals surface area (Å²) in [5, 5.41) is 0. The molecule has 0 spiro atoms. The average molecular weight is 403 g/mol. The molecule has 0 bridgehead atoms. The summed E-state index contributed by atoms with van der Waals surface area (Å²) in [7, 11) is 0. The molecule has 0 amide bonds. The number of halogens is 3. The molecule has 1 aliphatic rings. The standard InChI is InChI=1S/C26H33F3/c1-3-5-18-7-9-19(10-8-18)11-12-20-13-15-22(24(27)17-20)23-16-14-21(6-4-2)25(28)26(23)29/h13-19H,3-12H2,1-2H3. The van der Waals surface area contributed by atoms with Crippen molar-refractivity contribution in [3.63, 3.8) is 0 Å². The summed E-state index contributed by atoms with van der Waals surface area (Å²) in [6, 6.07) is 8.02. The molecule has 1 saturated carbocycles. The van der Waals surface area contributed by atoms with E-state index >= 15 is 0 Å². The largest absolute Gasteiger partial charge is 0.206 e. The maximum Gasteiger partial charge on any atom is 0.167 e. The SMILES string of the molecule is CCCc1ccc(-c2ccc(CCC3CCC(CCC)CC3)cc2F)c(F)c1F. The van der Waals surface area contributed by atoms with Gasteiger partial charge in [-0.15, -0.1) is 0 Å². The van der Waals surface area contributed by atoms with Gasteiger partial charge in [0.1, 0.15) is 5.82 Å². The molecule has 0 heterocycles. The van der Waals surface area contributed by atoms with Gasteiger partial charge in [0.25, 0.3) is 0 Å². The van der Waals surface area contributed by atoms with Gasteiger partial charge in [-0.05, 0) is 48.3 Å². The zero-order chi connectivity index (χ0) is 20.8. The molecule has 158 valence electrons. The van der Waals surface area contributed by atoms with E-state index in [4.69, 9.17) is 0 Å². The average Bonchev–Trinajstić information content (AvgIpc) is 2.72. The van der Waals surface area contributed by atoms with Gasteiger partial charge in [-0.25, -0.2) is 13.2 Å². The van der Waals surface area contributed by atoms with Gasteiger partial charge in [0.05, 0.1) is 0 Å². The molecule has 0 atom stereocenters. The van der Waals surface area contributed by atoms with Crippen LogP contribution in [-0.2, 0) is 12.8 Å². The fraction of sp³-hybridized carbons (Fsp3) is 0.538. The first-order chi connectivity index (χ1) is 14.0. The zero-order valence-electron chi connectivity index (χ0n) is 17.7. The van der Waals surface area contributed by atoms with Crippen LogP contribution in [0.3, 0.4) is 0 Å². The third kappa shape index (κ3) is 5.43. The Kier molecular flexibility index (Phi) is 7.80. The Morgan fingerprint density at radius 1 is 0.724 bits per heavy atom. The highest BCUT2D eigenvalue weighted by Gasteiger charge is 2.21. The van der Waals surface area contributed by atoms with E-state index in [0.717, 1.165) is 36.7 Å². The van der Waals surface area contributed by atoms with Crippen molar-refractivity contribution < 1.29 is 13.2 Å². The van der Waals surface area contributed by atoms with Crippen molar-refractivity contribution in [2.75, 3.05) is 0 Å². The number of aryl methyl sites for hydroxylation is 2. The summed E-state index contributed by atoms with van der Waals surface area (Å²) < 4.78 is 43.4. The molecule has 1 fully saturated rings. The molecule has 0 saturated heterocycles. The lowest BCUT2D eigenvalue weighted by molar-refractivity contribution is 0.252. The second-order valence-corrected chi connectivity index (χ2v) is 8.68. The smallest absolute Gasteiger partial charge is 0.167 e. The Hall–Kier alpha value is -1.77. The summed E-state index contributed by atoms with van der Waals surface area (Å²) in [4.78, 5) is 0. The number of hydrogen-bond acceptors (Lipinski definition) is 0. The van der Waals surface area contributed by atoms with E-state index in [1.54, 1.807) is 12.1 Å². The van der Waals surface area contributed by atoms with Gasteiger partial charge in [0.2, 0.25) is 0 Å². The van der Waals surface area contributed by atoms with Gasteiger partial charge in [-0.1, -0.05) is 83.1 Å². The van der Waals surface area contributed by atoms with Crippen molar-refractivity contribution in [2.24, 2.45) is 11.8 Å². The highest BCUT2D eigenvalue weighted by Crippen LogP contribution is 2.34. The predicted octanol–water partition coefficient (Wildman–Crippen LogP) is 8.26. The van der Waals surface area contributed by atoms with E-state index in [9.17, 15) is 13.2 Å². The van der Waals surface area contributed by atoms with Crippen LogP contribution in [0.5, 0.6) is 0 Å². The monoisotopic (exact) mass is 402 g/mol. The van der Waals surface area contributed by atoms with E-state index in [0.29, 0.717) is 12.0 Å². The van der Waals surface area contributed by atoms with Gasteiger partial charge >= 0.3 is 0 Å². The molecule has 2 aromatic rings. The fourth-order valence-electron chi connectivity index (χ4n) is 4.78. The number of benzene rings is 2. The highest BCUT2D eigenvalue weighted by molar-refractivity contribution is 5.66. The Morgan fingerprint density at radius 3 is 2.00 bits per heavy atom. The van der Waals surface area contributed by atoms with Crippen molar-refractivity contribution in [3.05, 3.63) is 58.9 Å².